The van der Waals surface area contributed by atoms with Crippen molar-refractivity contribution in [2.24, 2.45) is 17.8 Å². The smallest absolute Gasteiger partial charge is 0.270 e. The molecule has 0 saturated heterocycles. The van der Waals surface area contributed by atoms with E-state index in [1.165, 1.54) is 19.3 Å². The van der Waals surface area contributed by atoms with Gasteiger partial charge in [-0.2, -0.15) is 0 Å². The van der Waals surface area contributed by atoms with Crippen molar-refractivity contribution in [2.75, 3.05) is 5.73 Å². The van der Waals surface area contributed by atoms with Crippen LogP contribution in [0.2, 0.25) is 0 Å². The van der Waals surface area contributed by atoms with Crippen LogP contribution in [0.5, 0.6) is 0 Å². The molecular weight excluding hydrogens is 324 g/mol. The molecule has 4 aliphatic carbocycles. The molecule has 4 fully saturated rings. The summed E-state index contributed by atoms with van der Waals surface area (Å²) in [6, 6.07) is 11.5. The Labute approximate surface area is 153 Å². The highest BCUT2D eigenvalue weighted by molar-refractivity contribution is 5.94. The summed E-state index contributed by atoms with van der Waals surface area (Å²) >= 11 is 0. The molecule has 0 radical (unpaired) electrons. The van der Waals surface area contributed by atoms with E-state index in [0.29, 0.717) is 11.4 Å². The molecule has 3 N–H and O–H groups in total. The van der Waals surface area contributed by atoms with E-state index in [9.17, 15) is 4.79 Å². The standard InChI is InChI=1S/C21H24N4O/c22-20-23-17(16-4-2-1-3-5-16)9-18(24-20)19(26)25-21-10-13-6-14(11-21)8-15(7-13)12-21/h1-5,9,13-15H,6-8,10-12H2,(H,25,26)(H2,22,23,24). The van der Waals surface area contributed by atoms with Crippen molar-refractivity contribution in [1.29, 1.82) is 0 Å². The number of carbonyl (C=O) groups excluding carboxylic acids is 1. The highest BCUT2D eigenvalue weighted by Crippen LogP contribution is 2.55. The van der Waals surface area contributed by atoms with Gasteiger partial charge in [0, 0.05) is 11.1 Å². The summed E-state index contributed by atoms with van der Waals surface area (Å²) < 4.78 is 0. The van der Waals surface area contributed by atoms with Crippen LogP contribution in [0.25, 0.3) is 11.3 Å². The van der Waals surface area contributed by atoms with E-state index in [1.807, 2.05) is 30.3 Å². The number of nitrogens with one attached hydrogen (secondary N) is 1. The maximum Gasteiger partial charge on any atom is 0.270 e. The highest BCUT2D eigenvalue weighted by atomic mass is 16.2. The molecule has 5 heteroatoms. The van der Waals surface area contributed by atoms with E-state index in [-0.39, 0.29) is 17.4 Å². The molecule has 0 spiro atoms. The van der Waals surface area contributed by atoms with Crippen molar-refractivity contribution < 1.29 is 4.79 Å². The van der Waals surface area contributed by atoms with Crippen molar-refractivity contribution in [3.8, 4) is 11.3 Å². The van der Waals surface area contributed by atoms with E-state index in [0.717, 1.165) is 42.6 Å². The number of nitrogens with two attached hydrogens (primary N) is 1. The molecule has 6 rings (SSSR count). The Morgan fingerprint density at radius 3 is 2.23 bits per heavy atom. The van der Waals surface area contributed by atoms with Gasteiger partial charge >= 0.3 is 0 Å². The van der Waals surface area contributed by atoms with Gasteiger partial charge in [-0.05, 0) is 62.3 Å². The zero-order chi connectivity index (χ0) is 17.7. The lowest BCUT2D eigenvalue weighted by Gasteiger charge is -2.56. The maximum atomic E-state index is 13.0. The molecule has 0 unspecified atom stereocenters. The number of rotatable bonds is 3. The number of hydrogen-bond acceptors (Lipinski definition) is 4. The predicted octanol–water partition coefficient (Wildman–Crippen LogP) is 3.42. The lowest BCUT2D eigenvalue weighted by Crippen LogP contribution is -2.59. The van der Waals surface area contributed by atoms with Crippen molar-refractivity contribution in [1.82, 2.24) is 15.3 Å². The number of hydrogen-bond donors (Lipinski definition) is 2. The first-order valence-electron chi connectivity index (χ1n) is 9.61. The highest BCUT2D eigenvalue weighted by Gasteiger charge is 2.51. The molecule has 1 amide bonds. The summed E-state index contributed by atoms with van der Waals surface area (Å²) in [4.78, 5) is 21.5. The number of amides is 1. The summed E-state index contributed by atoms with van der Waals surface area (Å²) in [5.74, 6) is 2.39. The molecule has 26 heavy (non-hydrogen) atoms. The summed E-state index contributed by atoms with van der Waals surface area (Å²) in [7, 11) is 0. The molecule has 5 nitrogen and oxygen atoms in total. The monoisotopic (exact) mass is 348 g/mol. The average Bonchev–Trinajstić information content (AvgIpc) is 2.60. The minimum atomic E-state index is -0.113. The van der Waals surface area contributed by atoms with E-state index in [2.05, 4.69) is 15.3 Å². The van der Waals surface area contributed by atoms with Gasteiger partial charge < -0.3 is 11.1 Å². The van der Waals surface area contributed by atoms with Gasteiger partial charge in [-0.25, -0.2) is 9.97 Å². The van der Waals surface area contributed by atoms with Gasteiger partial charge in [0.1, 0.15) is 5.69 Å². The molecule has 1 heterocycles. The van der Waals surface area contributed by atoms with Crippen LogP contribution in [-0.2, 0) is 0 Å². The number of anilines is 1. The molecule has 134 valence electrons. The van der Waals surface area contributed by atoms with Gasteiger partial charge in [-0.1, -0.05) is 30.3 Å². The van der Waals surface area contributed by atoms with Crippen LogP contribution in [0, 0.1) is 17.8 Å². The summed E-state index contributed by atoms with van der Waals surface area (Å²) in [6.45, 7) is 0. The normalized spacial score (nSPS) is 31.8. The van der Waals surface area contributed by atoms with E-state index < -0.39 is 0 Å². The zero-order valence-electron chi connectivity index (χ0n) is 14.8. The fourth-order valence-electron chi connectivity index (χ4n) is 5.91. The number of benzene rings is 1. The molecule has 2 aromatic rings. The van der Waals surface area contributed by atoms with E-state index in [4.69, 9.17) is 5.73 Å². The van der Waals surface area contributed by atoms with Gasteiger partial charge in [0.25, 0.3) is 5.91 Å². The fraction of sp³-hybridized carbons (Fsp3) is 0.476. The Kier molecular flexibility index (Phi) is 3.52. The van der Waals surface area contributed by atoms with Crippen LogP contribution in [0.3, 0.4) is 0 Å². The van der Waals surface area contributed by atoms with Crippen molar-refractivity contribution >= 4 is 11.9 Å². The predicted molar refractivity (Wildman–Crippen MR) is 100 cm³/mol. The van der Waals surface area contributed by atoms with Gasteiger partial charge in [-0.3, -0.25) is 4.79 Å². The molecule has 1 aromatic heterocycles. The van der Waals surface area contributed by atoms with Crippen LogP contribution in [0.15, 0.2) is 36.4 Å². The van der Waals surface area contributed by atoms with Crippen LogP contribution < -0.4 is 11.1 Å². The number of carbonyl (C=O) groups is 1. The van der Waals surface area contributed by atoms with Gasteiger partial charge in [-0.15, -0.1) is 0 Å². The largest absolute Gasteiger partial charge is 0.368 e. The molecular formula is C21H24N4O. The molecule has 0 atom stereocenters. The Morgan fingerprint density at radius 2 is 1.62 bits per heavy atom. The minimum absolute atomic E-state index is 0.0293. The van der Waals surface area contributed by atoms with Crippen LogP contribution >= 0.6 is 0 Å². The number of nitrogens with zero attached hydrogens (tertiary/aromatic N) is 2. The molecule has 0 aliphatic heterocycles. The third kappa shape index (κ3) is 2.75. The third-order valence-corrected chi connectivity index (χ3v) is 6.46. The van der Waals surface area contributed by atoms with Crippen LogP contribution in [0.4, 0.5) is 5.95 Å². The van der Waals surface area contributed by atoms with Gasteiger partial charge in [0.15, 0.2) is 0 Å². The maximum absolute atomic E-state index is 13.0. The van der Waals surface area contributed by atoms with E-state index >= 15 is 0 Å². The summed E-state index contributed by atoms with van der Waals surface area (Å²) in [5, 5.41) is 3.36. The Hall–Kier alpha value is -2.43. The number of nitrogen functional groups attached to an aromatic ring is 1. The second-order valence-electron chi connectivity index (χ2n) is 8.51. The first-order chi connectivity index (χ1) is 12.6. The Bertz CT molecular complexity index is 813. The fourth-order valence-corrected chi connectivity index (χ4v) is 5.91. The average molecular weight is 348 g/mol. The number of aromatic nitrogens is 2. The second kappa shape index (κ2) is 5.79. The quantitative estimate of drug-likeness (QED) is 0.890. The van der Waals surface area contributed by atoms with Crippen molar-refractivity contribution in [2.45, 2.75) is 44.1 Å². The lowest BCUT2D eigenvalue weighted by molar-refractivity contribution is -0.0167. The minimum Gasteiger partial charge on any atom is -0.368 e. The van der Waals surface area contributed by atoms with Crippen LogP contribution in [0.1, 0.15) is 49.0 Å². The molecule has 4 bridgehead atoms. The Morgan fingerprint density at radius 1 is 1.00 bits per heavy atom. The topological polar surface area (TPSA) is 80.9 Å². The SMILES string of the molecule is Nc1nc(C(=O)NC23CC4CC(CC(C4)C2)C3)cc(-c2ccccc2)n1. The molecule has 4 aliphatic rings. The van der Waals surface area contributed by atoms with Crippen LogP contribution in [-0.4, -0.2) is 21.4 Å². The first kappa shape index (κ1) is 15.8. The first-order valence-corrected chi connectivity index (χ1v) is 9.61. The van der Waals surface area contributed by atoms with Crippen molar-refractivity contribution in [3.63, 3.8) is 0 Å². The third-order valence-electron chi connectivity index (χ3n) is 6.46. The van der Waals surface area contributed by atoms with E-state index in [1.54, 1.807) is 6.07 Å². The lowest BCUT2D eigenvalue weighted by atomic mass is 9.53. The van der Waals surface area contributed by atoms with Crippen molar-refractivity contribution in [3.05, 3.63) is 42.1 Å². The van der Waals surface area contributed by atoms with Gasteiger partial charge in [0.05, 0.1) is 5.69 Å². The van der Waals surface area contributed by atoms with Gasteiger partial charge in [0.2, 0.25) is 5.95 Å². The molecule has 1 aromatic carbocycles. The Balaban J connectivity index is 1.42. The summed E-state index contributed by atoms with van der Waals surface area (Å²) in [6.07, 6.45) is 7.43. The summed E-state index contributed by atoms with van der Waals surface area (Å²) in [5.41, 5.74) is 7.86. The molecule has 4 saturated carbocycles. The zero-order valence-corrected chi connectivity index (χ0v) is 14.8. The second-order valence-corrected chi connectivity index (χ2v) is 8.51.